The van der Waals surface area contributed by atoms with E-state index in [1.807, 2.05) is 18.2 Å². The van der Waals surface area contributed by atoms with Crippen molar-refractivity contribution in [2.45, 2.75) is 42.8 Å². The third-order valence-electron chi connectivity index (χ3n) is 6.04. The average molecular weight is 444 g/mol. The first-order valence-electron chi connectivity index (χ1n) is 10.7. The van der Waals surface area contributed by atoms with Crippen molar-refractivity contribution in [2.24, 2.45) is 0 Å². The number of methoxy groups -OCH3 is 1. The van der Waals surface area contributed by atoms with Crippen LogP contribution in [0, 0.1) is 0 Å². The highest BCUT2D eigenvalue weighted by molar-refractivity contribution is 7.89. The molecular weight excluding hydrogens is 414 g/mol. The van der Waals surface area contributed by atoms with Crippen LogP contribution in [0.15, 0.2) is 59.5 Å². The quantitative estimate of drug-likeness (QED) is 0.710. The van der Waals surface area contributed by atoms with Crippen molar-refractivity contribution in [1.29, 1.82) is 0 Å². The molecule has 2 aliphatic rings. The van der Waals surface area contributed by atoms with Crippen LogP contribution in [-0.4, -0.2) is 62.4 Å². The number of sulfonamides is 1. The Kier molecular flexibility index (Phi) is 6.60. The largest absolute Gasteiger partial charge is 0.497 e. The lowest BCUT2D eigenvalue weighted by Crippen LogP contribution is -2.49. The molecule has 2 heterocycles. The molecule has 0 bridgehead atoms. The zero-order valence-electron chi connectivity index (χ0n) is 17.7. The average Bonchev–Trinajstić information content (AvgIpc) is 3.45. The minimum atomic E-state index is -3.74. The minimum Gasteiger partial charge on any atom is -0.497 e. The Morgan fingerprint density at radius 3 is 2.52 bits per heavy atom. The summed E-state index contributed by atoms with van der Waals surface area (Å²) in [5.41, 5.74) is 1.25. The summed E-state index contributed by atoms with van der Waals surface area (Å²) in [6.07, 6.45) is 2.09. The summed E-state index contributed by atoms with van der Waals surface area (Å²) in [5.74, 6) is 0.400. The number of benzene rings is 2. The van der Waals surface area contributed by atoms with Crippen LogP contribution in [0.4, 0.5) is 0 Å². The van der Waals surface area contributed by atoms with E-state index in [0.29, 0.717) is 25.1 Å². The van der Waals surface area contributed by atoms with Crippen LogP contribution in [0.1, 0.15) is 24.8 Å². The Bertz CT molecular complexity index is 995. The van der Waals surface area contributed by atoms with E-state index < -0.39 is 16.1 Å². The maximum atomic E-state index is 13.1. The number of ether oxygens (including phenoxy) is 1. The molecule has 1 amide bonds. The van der Waals surface area contributed by atoms with Gasteiger partial charge < -0.3 is 10.1 Å². The molecule has 2 saturated heterocycles. The van der Waals surface area contributed by atoms with Gasteiger partial charge in [0.25, 0.3) is 0 Å². The first kappa shape index (κ1) is 21.8. The molecule has 0 saturated carbocycles. The Labute approximate surface area is 184 Å². The van der Waals surface area contributed by atoms with Gasteiger partial charge in [0.05, 0.1) is 12.0 Å². The smallest absolute Gasteiger partial charge is 0.243 e. The lowest BCUT2D eigenvalue weighted by atomic mass is 10.2. The highest BCUT2D eigenvalue weighted by Gasteiger charge is 2.40. The number of carbonyl (C=O) groups excluding carboxylic acids is 1. The molecule has 2 aliphatic heterocycles. The number of likely N-dealkylation sites (tertiary alicyclic amines) is 1. The van der Waals surface area contributed by atoms with Crippen molar-refractivity contribution < 1.29 is 17.9 Å². The fourth-order valence-electron chi connectivity index (χ4n) is 4.41. The fraction of sp³-hybridized carbons (Fsp3) is 0.435. The summed E-state index contributed by atoms with van der Waals surface area (Å²) in [7, 11) is -2.20. The van der Waals surface area contributed by atoms with Crippen LogP contribution in [0.5, 0.6) is 5.75 Å². The van der Waals surface area contributed by atoms with E-state index in [9.17, 15) is 13.2 Å². The number of rotatable bonds is 7. The van der Waals surface area contributed by atoms with E-state index in [2.05, 4.69) is 22.3 Å². The second-order valence-corrected chi connectivity index (χ2v) is 10.1. The molecule has 0 radical (unpaired) electrons. The molecule has 0 aliphatic carbocycles. The van der Waals surface area contributed by atoms with E-state index in [4.69, 9.17) is 4.74 Å². The molecule has 166 valence electrons. The lowest BCUT2D eigenvalue weighted by Gasteiger charge is -2.25. The number of hydrogen-bond acceptors (Lipinski definition) is 5. The predicted octanol–water partition coefficient (Wildman–Crippen LogP) is 2.24. The van der Waals surface area contributed by atoms with Gasteiger partial charge >= 0.3 is 0 Å². The Hall–Kier alpha value is -2.42. The second-order valence-electron chi connectivity index (χ2n) is 8.16. The van der Waals surface area contributed by atoms with Gasteiger partial charge in [0, 0.05) is 32.2 Å². The van der Waals surface area contributed by atoms with Gasteiger partial charge in [-0.3, -0.25) is 9.69 Å². The highest BCUT2D eigenvalue weighted by Crippen LogP contribution is 2.27. The summed E-state index contributed by atoms with van der Waals surface area (Å²) in [6.45, 7) is 2.91. The van der Waals surface area contributed by atoms with Gasteiger partial charge in [0.15, 0.2) is 0 Å². The molecule has 2 aromatic carbocycles. The van der Waals surface area contributed by atoms with Gasteiger partial charge in [-0.1, -0.05) is 30.3 Å². The van der Waals surface area contributed by atoms with Crippen molar-refractivity contribution >= 4 is 15.9 Å². The lowest BCUT2D eigenvalue weighted by molar-refractivity contribution is -0.124. The first-order valence-corrected chi connectivity index (χ1v) is 12.1. The highest BCUT2D eigenvalue weighted by atomic mass is 32.2. The van der Waals surface area contributed by atoms with Crippen LogP contribution in [0.3, 0.4) is 0 Å². The van der Waals surface area contributed by atoms with E-state index >= 15 is 0 Å². The van der Waals surface area contributed by atoms with Gasteiger partial charge in [-0.2, -0.15) is 4.31 Å². The van der Waals surface area contributed by atoms with E-state index in [0.717, 1.165) is 26.1 Å². The summed E-state index contributed by atoms with van der Waals surface area (Å²) in [6, 6.07) is 16.0. The Morgan fingerprint density at radius 2 is 1.81 bits per heavy atom. The van der Waals surface area contributed by atoms with Crippen molar-refractivity contribution in [3.05, 3.63) is 60.2 Å². The zero-order chi connectivity index (χ0) is 21.8. The molecule has 8 heteroatoms. The van der Waals surface area contributed by atoms with Crippen molar-refractivity contribution in [1.82, 2.24) is 14.5 Å². The number of hydrogen-bond donors (Lipinski definition) is 1. The number of carbonyl (C=O) groups is 1. The third kappa shape index (κ3) is 4.92. The normalized spacial score (nSPS) is 22.5. The predicted molar refractivity (Wildman–Crippen MR) is 118 cm³/mol. The molecule has 2 atom stereocenters. The van der Waals surface area contributed by atoms with Crippen molar-refractivity contribution in [3.63, 3.8) is 0 Å². The monoisotopic (exact) mass is 443 g/mol. The van der Waals surface area contributed by atoms with E-state index in [1.54, 1.807) is 12.1 Å². The van der Waals surface area contributed by atoms with Gasteiger partial charge in [0.1, 0.15) is 11.8 Å². The van der Waals surface area contributed by atoms with Crippen LogP contribution in [-0.2, 0) is 21.4 Å². The van der Waals surface area contributed by atoms with Gasteiger partial charge in [0.2, 0.25) is 15.9 Å². The van der Waals surface area contributed by atoms with Gasteiger partial charge in [-0.05, 0) is 49.1 Å². The summed E-state index contributed by atoms with van der Waals surface area (Å²) in [4.78, 5) is 15.5. The molecular formula is C23H29N3O4S. The number of nitrogens with zero attached hydrogens (tertiary/aromatic N) is 2. The molecule has 2 aromatic rings. The number of amides is 1. The molecule has 1 N–H and O–H groups in total. The number of nitrogens with one attached hydrogen (secondary N) is 1. The van der Waals surface area contributed by atoms with Crippen molar-refractivity contribution in [3.8, 4) is 5.75 Å². The Morgan fingerprint density at radius 1 is 1.06 bits per heavy atom. The standard InChI is InChI=1S/C23H29N3O4S/c1-30-20-9-11-21(12-10-20)31(28,29)26-14-5-8-22(26)23(27)24-19-13-15-25(17-19)16-18-6-3-2-4-7-18/h2-4,6-7,9-12,19,22H,5,8,13-17H2,1H3,(H,24,27)/t19-,22+/m1/s1. The van der Waals surface area contributed by atoms with Crippen LogP contribution in [0.2, 0.25) is 0 Å². The summed E-state index contributed by atoms with van der Waals surface area (Å²) < 4.78 is 32.7. The molecule has 31 heavy (non-hydrogen) atoms. The molecule has 4 rings (SSSR count). The molecule has 0 aromatic heterocycles. The fourth-order valence-corrected chi connectivity index (χ4v) is 6.06. The maximum Gasteiger partial charge on any atom is 0.243 e. The van der Waals surface area contributed by atoms with Crippen LogP contribution in [0.25, 0.3) is 0 Å². The maximum absolute atomic E-state index is 13.1. The van der Waals surface area contributed by atoms with Crippen LogP contribution < -0.4 is 10.1 Å². The van der Waals surface area contributed by atoms with E-state index in [-0.39, 0.29) is 16.8 Å². The second kappa shape index (κ2) is 9.38. The first-order chi connectivity index (χ1) is 15.0. The third-order valence-corrected chi connectivity index (χ3v) is 7.96. The van der Waals surface area contributed by atoms with Crippen LogP contribution >= 0.6 is 0 Å². The molecule has 0 unspecified atom stereocenters. The zero-order valence-corrected chi connectivity index (χ0v) is 18.6. The minimum absolute atomic E-state index is 0.0438. The molecule has 2 fully saturated rings. The Balaban J connectivity index is 1.37. The van der Waals surface area contributed by atoms with E-state index in [1.165, 1.54) is 29.1 Å². The SMILES string of the molecule is COc1ccc(S(=O)(=O)N2CCC[C@H]2C(=O)N[C@@H]2CCN(Cc3ccccc3)C2)cc1. The molecule has 0 spiro atoms. The van der Waals surface area contributed by atoms with Gasteiger partial charge in [-0.15, -0.1) is 0 Å². The van der Waals surface area contributed by atoms with Gasteiger partial charge in [-0.25, -0.2) is 8.42 Å². The summed E-state index contributed by atoms with van der Waals surface area (Å²) in [5, 5.41) is 3.10. The summed E-state index contributed by atoms with van der Waals surface area (Å²) >= 11 is 0. The molecule has 7 nitrogen and oxygen atoms in total. The topological polar surface area (TPSA) is 79.0 Å². The van der Waals surface area contributed by atoms with Crippen molar-refractivity contribution in [2.75, 3.05) is 26.7 Å².